The molecule has 4 aliphatic rings. The van der Waals surface area contributed by atoms with Gasteiger partial charge in [-0.1, -0.05) is 137 Å². The van der Waals surface area contributed by atoms with Gasteiger partial charge in [0.25, 0.3) is 0 Å². The van der Waals surface area contributed by atoms with Gasteiger partial charge in [0.05, 0.1) is 40.5 Å². The van der Waals surface area contributed by atoms with Crippen LogP contribution in [0, 0.1) is 22.7 Å². The second kappa shape index (κ2) is 17.0. The molecule has 1 unspecified atom stereocenters. The molecule has 0 saturated carbocycles. The topological polar surface area (TPSA) is 80.3 Å². The third-order valence-corrected chi connectivity index (χ3v) is 16.5. The van der Waals surface area contributed by atoms with Crippen molar-refractivity contribution in [2.45, 2.75) is 70.3 Å². The van der Waals surface area contributed by atoms with Crippen LogP contribution in [0.2, 0.25) is 0 Å². The van der Waals surface area contributed by atoms with Crippen molar-refractivity contribution >= 4 is 67.4 Å². The number of rotatable bonds is 8. The van der Waals surface area contributed by atoms with Crippen LogP contribution in [0.25, 0.3) is 61.2 Å². The minimum absolute atomic E-state index is 0.0972. The first-order chi connectivity index (χ1) is 36.8. The monoisotopic (exact) mass is 968 g/mol. The summed E-state index contributed by atoms with van der Waals surface area (Å²) in [4.78, 5) is 4.84. The maximum Gasteiger partial charge on any atom is 0.160 e. The summed E-state index contributed by atoms with van der Waals surface area (Å²) in [6, 6.07) is 61.9. The zero-order valence-corrected chi connectivity index (χ0v) is 42.4. The molecule has 8 aromatic carbocycles. The van der Waals surface area contributed by atoms with E-state index in [1.54, 1.807) is 0 Å². The number of hydrogen-bond donors (Lipinski definition) is 0. The molecular formula is C69H52N4O2. The lowest BCUT2D eigenvalue weighted by molar-refractivity contribution is 0.596. The summed E-state index contributed by atoms with van der Waals surface area (Å²) in [5.74, 6) is 1.62. The molecule has 6 nitrogen and oxygen atoms in total. The lowest BCUT2D eigenvalue weighted by Crippen LogP contribution is -2.31. The Balaban J connectivity index is 1.16. The van der Waals surface area contributed by atoms with Crippen molar-refractivity contribution in [3.63, 3.8) is 0 Å². The molecule has 75 heavy (non-hydrogen) atoms. The van der Waals surface area contributed by atoms with Crippen LogP contribution < -0.4 is 9.80 Å². The standard InChI is InChI=1S/C69H52N4O2/c1-41(2)45-25-33-49(34-26-45)72(47-29-21-43(39-70)22-30-47)59-37-58-66(68-63(59)53-15-7-11-19-61(53)75-68)65-57(69(58)55-17-9-5-13-51(55)52-14-6-10-18-56(52)69)38-60(67-64(65)54-16-8-12-20-62(54)74-67)73(48-31-23-44(40-71)24-32-48)50-35-27-46(28-36-50)42(3)4/h5-6,8-14,16-29,31-38,41-42,47H,7,15,30H2,1-4H3. The van der Waals surface area contributed by atoms with Gasteiger partial charge in [-0.05, 0) is 154 Å². The molecule has 6 heteroatoms. The molecule has 0 fully saturated rings. The van der Waals surface area contributed by atoms with Gasteiger partial charge in [0, 0.05) is 55.5 Å². The molecule has 360 valence electrons. The van der Waals surface area contributed by atoms with E-state index < -0.39 is 5.41 Å². The van der Waals surface area contributed by atoms with E-state index in [-0.39, 0.29) is 6.04 Å². The number of hydrogen-bond acceptors (Lipinski definition) is 6. The van der Waals surface area contributed by atoms with Crippen molar-refractivity contribution in [2.75, 3.05) is 9.80 Å². The molecule has 10 aromatic rings. The van der Waals surface area contributed by atoms with Gasteiger partial charge in [-0.2, -0.15) is 10.5 Å². The summed E-state index contributed by atoms with van der Waals surface area (Å²) in [5, 5.41) is 23.3. The van der Waals surface area contributed by atoms with Crippen LogP contribution in [-0.2, 0) is 11.8 Å². The molecule has 0 aliphatic heterocycles. The molecule has 0 N–H and O–H groups in total. The molecule has 0 radical (unpaired) electrons. The lowest BCUT2D eigenvalue weighted by Gasteiger charge is -2.36. The van der Waals surface area contributed by atoms with Crippen molar-refractivity contribution in [3.8, 4) is 34.4 Å². The summed E-state index contributed by atoms with van der Waals surface area (Å²) >= 11 is 0. The molecule has 2 aromatic heterocycles. The van der Waals surface area contributed by atoms with Crippen LogP contribution in [0.3, 0.4) is 0 Å². The van der Waals surface area contributed by atoms with Crippen LogP contribution in [-0.4, -0.2) is 6.04 Å². The second-order valence-electron chi connectivity index (χ2n) is 21.2. The van der Waals surface area contributed by atoms with Crippen molar-refractivity contribution in [2.24, 2.45) is 0 Å². The smallest absolute Gasteiger partial charge is 0.160 e. The van der Waals surface area contributed by atoms with Gasteiger partial charge in [-0.3, -0.25) is 0 Å². The van der Waals surface area contributed by atoms with Crippen LogP contribution in [0.4, 0.5) is 28.4 Å². The first kappa shape index (κ1) is 44.6. The molecular weight excluding hydrogens is 917 g/mol. The molecule has 1 atom stereocenters. The van der Waals surface area contributed by atoms with E-state index in [1.807, 2.05) is 18.2 Å². The van der Waals surface area contributed by atoms with Gasteiger partial charge in [-0.15, -0.1) is 0 Å². The predicted octanol–water partition coefficient (Wildman–Crippen LogP) is 18.1. The Morgan fingerprint density at radius 2 is 1.20 bits per heavy atom. The Morgan fingerprint density at radius 3 is 1.84 bits per heavy atom. The third kappa shape index (κ3) is 6.49. The number of nitrogens with zero attached hydrogens (tertiary/aromatic N) is 4. The van der Waals surface area contributed by atoms with Crippen molar-refractivity contribution in [1.82, 2.24) is 0 Å². The minimum atomic E-state index is -0.827. The number of aryl methyl sites for hydroxylation is 1. The predicted molar refractivity (Wildman–Crippen MR) is 305 cm³/mol. The van der Waals surface area contributed by atoms with Gasteiger partial charge in [-0.25, -0.2) is 0 Å². The number of anilines is 5. The molecule has 4 aliphatic carbocycles. The molecule has 0 amide bonds. The Kier molecular flexibility index (Phi) is 10.1. The summed E-state index contributed by atoms with van der Waals surface area (Å²) in [5.41, 5.74) is 20.9. The third-order valence-electron chi connectivity index (χ3n) is 16.5. The molecule has 1 spiro atoms. The fraction of sp³-hybridized carbons (Fsp3) is 0.159. The quantitative estimate of drug-likeness (QED) is 0.151. The Hall–Kier alpha value is -9.10. The Morgan fingerprint density at radius 1 is 0.587 bits per heavy atom. The zero-order valence-electron chi connectivity index (χ0n) is 42.4. The van der Waals surface area contributed by atoms with Crippen molar-refractivity contribution in [1.29, 1.82) is 10.5 Å². The summed E-state index contributed by atoms with van der Waals surface area (Å²) in [6.45, 7) is 8.94. The summed E-state index contributed by atoms with van der Waals surface area (Å²) in [6.07, 6.45) is 13.1. The van der Waals surface area contributed by atoms with Gasteiger partial charge in [0.2, 0.25) is 0 Å². The fourth-order valence-electron chi connectivity index (χ4n) is 13.0. The van der Waals surface area contributed by atoms with Crippen molar-refractivity contribution < 1.29 is 8.83 Å². The lowest BCUT2D eigenvalue weighted by atomic mass is 9.70. The molecule has 2 heterocycles. The number of fused-ring (bicyclic) bond motifs is 18. The van der Waals surface area contributed by atoms with Gasteiger partial charge < -0.3 is 18.6 Å². The highest BCUT2D eigenvalue weighted by molar-refractivity contribution is 6.24. The molecule has 0 bridgehead atoms. The zero-order chi connectivity index (χ0) is 50.7. The van der Waals surface area contributed by atoms with Gasteiger partial charge in [0.15, 0.2) is 5.58 Å². The van der Waals surface area contributed by atoms with Gasteiger partial charge in [0.1, 0.15) is 16.9 Å². The van der Waals surface area contributed by atoms with Crippen molar-refractivity contribution in [3.05, 3.63) is 238 Å². The van der Waals surface area contributed by atoms with Crippen LogP contribution in [0.1, 0.15) is 103 Å². The SMILES string of the molecule is CC(C)c1ccc(N(c2ccc(C#N)cc2)c2cc3c(c4c2oc2ccccc24)-c2c(cc(N(c4ccc(C(C)C)cc4)C4C=CC(C#N)=CC4)c4c5c(oc24)C=CCC5)C32c3ccccc3-c3ccccc32)cc1. The van der Waals surface area contributed by atoms with E-state index in [2.05, 4.69) is 220 Å². The van der Waals surface area contributed by atoms with Crippen LogP contribution >= 0.6 is 0 Å². The van der Waals surface area contributed by atoms with E-state index in [1.165, 1.54) is 38.9 Å². The minimum Gasteiger partial charge on any atom is -0.456 e. The highest BCUT2D eigenvalue weighted by atomic mass is 16.3. The van der Waals surface area contributed by atoms with Crippen LogP contribution in [0.5, 0.6) is 0 Å². The number of benzene rings is 8. The van der Waals surface area contributed by atoms with E-state index in [9.17, 15) is 10.5 Å². The fourth-order valence-corrected chi connectivity index (χ4v) is 13.0. The van der Waals surface area contributed by atoms with Gasteiger partial charge >= 0.3 is 0 Å². The first-order valence-electron chi connectivity index (χ1n) is 26.3. The highest BCUT2D eigenvalue weighted by Crippen LogP contribution is 2.68. The molecule has 0 saturated heterocycles. The Labute approximate surface area is 437 Å². The van der Waals surface area contributed by atoms with E-state index >= 15 is 0 Å². The molecule has 14 rings (SSSR count). The Bertz CT molecular complexity index is 4140. The van der Waals surface area contributed by atoms with Crippen LogP contribution in [0.15, 0.2) is 196 Å². The maximum atomic E-state index is 10.1. The highest BCUT2D eigenvalue weighted by Gasteiger charge is 2.55. The number of para-hydroxylation sites is 1. The normalized spacial score (nSPS) is 15.5. The van der Waals surface area contributed by atoms with E-state index in [0.717, 1.165) is 102 Å². The first-order valence-corrected chi connectivity index (χ1v) is 26.3. The van der Waals surface area contributed by atoms with E-state index in [0.29, 0.717) is 29.4 Å². The number of nitriles is 2. The average Bonchev–Trinajstić information content (AvgIpc) is 4.37. The number of furan rings is 2. The average molecular weight is 969 g/mol. The number of allylic oxidation sites excluding steroid dienone is 3. The van der Waals surface area contributed by atoms with E-state index in [4.69, 9.17) is 8.83 Å². The summed E-state index contributed by atoms with van der Waals surface area (Å²) in [7, 11) is 0. The second-order valence-corrected chi connectivity index (χ2v) is 21.2. The summed E-state index contributed by atoms with van der Waals surface area (Å²) < 4.78 is 14.8. The maximum absolute atomic E-state index is 10.1. The largest absolute Gasteiger partial charge is 0.456 e.